The molecule has 0 aliphatic rings. The van der Waals surface area contributed by atoms with E-state index in [2.05, 4.69) is 4.98 Å². The fourth-order valence-corrected chi connectivity index (χ4v) is 3.75. The summed E-state index contributed by atoms with van der Waals surface area (Å²) in [4.78, 5) is 4.63. The molecule has 1 aromatic heterocycles. The second-order valence-electron chi connectivity index (χ2n) is 3.80. The van der Waals surface area contributed by atoms with Crippen LogP contribution in [0.15, 0.2) is 35.4 Å². The van der Waals surface area contributed by atoms with Gasteiger partial charge >= 0.3 is 0 Å². The maximum Gasteiger partial charge on any atom is 0.184 e. The Bertz CT molecular complexity index is 694. The van der Waals surface area contributed by atoms with Gasteiger partial charge in [-0.15, -0.1) is 11.3 Å². The smallest absolute Gasteiger partial charge is 0.184 e. The fraction of sp³-hybridized carbons (Fsp3) is 0.167. The van der Waals surface area contributed by atoms with E-state index in [1.54, 1.807) is 24.3 Å². The van der Waals surface area contributed by atoms with Crippen molar-refractivity contribution in [3.63, 3.8) is 0 Å². The van der Waals surface area contributed by atoms with Gasteiger partial charge in [-0.3, -0.25) is 0 Å². The first-order chi connectivity index (χ1) is 8.51. The van der Waals surface area contributed by atoms with Gasteiger partial charge in [-0.2, -0.15) is 5.26 Å². The van der Waals surface area contributed by atoms with Crippen molar-refractivity contribution in [3.05, 3.63) is 45.9 Å². The Morgan fingerprint density at radius 2 is 2.00 bits per heavy atom. The molecule has 0 fully saturated rings. The van der Waals surface area contributed by atoms with Crippen LogP contribution in [0, 0.1) is 18.3 Å². The lowest BCUT2D eigenvalue weighted by Crippen LogP contribution is -2.04. The van der Waals surface area contributed by atoms with Gasteiger partial charge in [-0.1, -0.05) is 17.7 Å². The summed E-state index contributed by atoms with van der Waals surface area (Å²) in [5.74, 6) is -0.164. The van der Waals surface area contributed by atoms with Gasteiger partial charge in [0.05, 0.1) is 11.1 Å². The van der Waals surface area contributed by atoms with Crippen molar-refractivity contribution < 1.29 is 8.42 Å². The summed E-state index contributed by atoms with van der Waals surface area (Å²) in [6.07, 6.45) is 1.39. The molecule has 1 aromatic carbocycles. The summed E-state index contributed by atoms with van der Waals surface area (Å²) in [7, 11) is -3.39. The molecule has 2 rings (SSSR count). The number of hydrogen-bond acceptors (Lipinski definition) is 5. The second-order valence-corrected chi connectivity index (χ2v) is 6.91. The number of aromatic nitrogens is 1. The third kappa shape index (κ3) is 2.75. The van der Waals surface area contributed by atoms with E-state index in [9.17, 15) is 8.42 Å². The highest BCUT2D eigenvalue weighted by molar-refractivity contribution is 7.90. The lowest BCUT2D eigenvalue weighted by atomic mass is 10.2. The molecule has 0 aliphatic heterocycles. The summed E-state index contributed by atoms with van der Waals surface area (Å²) < 4.78 is 24.2. The van der Waals surface area contributed by atoms with Crippen molar-refractivity contribution >= 4 is 21.2 Å². The van der Waals surface area contributed by atoms with Crippen LogP contribution in [0.3, 0.4) is 0 Å². The Balaban J connectivity index is 2.27. The number of benzene rings is 1. The molecule has 0 unspecified atom stereocenters. The molecule has 0 radical (unpaired) electrons. The van der Waals surface area contributed by atoms with Crippen LogP contribution < -0.4 is 0 Å². The standard InChI is InChI=1S/C12H10N2O2S2/c1-9-2-4-11(5-3-9)18(15,16)8-12-14-7-10(6-13)17-12/h2-5,7H,8H2,1H3. The van der Waals surface area contributed by atoms with Crippen LogP contribution in [0.4, 0.5) is 0 Å². The fourth-order valence-electron chi connectivity index (χ4n) is 1.42. The second kappa shape index (κ2) is 4.88. The molecule has 1 heterocycles. The van der Waals surface area contributed by atoms with Crippen molar-refractivity contribution in [1.29, 1.82) is 5.26 Å². The maximum absolute atomic E-state index is 12.1. The van der Waals surface area contributed by atoms with Crippen molar-refractivity contribution in [3.8, 4) is 6.07 Å². The van der Waals surface area contributed by atoms with Gasteiger partial charge in [-0.25, -0.2) is 13.4 Å². The summed E-state index contributed by atoms with van der Waals surface area (Å²) in [5, 5.41) is 9.10. The van der Waals surface area contributed by atoms with E-state index < -0.39 is 9.84 Å². The Labute approximate surface area is 109 Å². The van der Waals surface area contributed by atoms with Crippen LogP contribution in [-0.2, 0) is 15.6 Å². The molecule has 0 spiro atoms. The third-order valence-corrected chi connectivity index (χ3v) is 5.09. The predicted octanol–water partition coefficient (Wildman–Crippen LogP) is 2.30. The van der Waals surface area contributed by atoms with Crippen LogP contribution in [0.25, 0.3) is 0 Å². The highest BCUT2D eigenvalue weighted by atomic mass is 32.2. The van der Waals surface area contributed by atoms with Crippen molar-refractivity contribution in [2.24, 2.45) is 0 Å². The molecule has 2 aromatic rings. The van der Waals surface area contributed by atoms with Gasteiger partial charge in [0.2, 0.25) is 0 Å². The Kier molecular flexibility index (Phi) is 3.45. The van der Waals surface area contributed by atoms with Gasteiger partial charge in [0, 0.05) is 0 Å². The van der Waals surface area contributed by atoms with E-state index in [-0.39, 0.29) is 10.6 Å². The van der Waals surface area contributed by atoms with Crippen LogP contribution in [0.1, 0.15) is 15.4 Å². The summed E-state index contributed by atoms with van der Waals surface area (Å²) in [5.41, 5.74) is 1.01. The van der Waals surface area contributed by atoms with Gasteiger partial charge < -0.3 is 0 Å². The number of nitrogens with zero attached hydrogens (tertiary/aromatic N) is 2. The molecular weight excluding hydrogens is 268 g/mol. The van der Waals surface area contributed by atoms with E-state index in [0.717, 1.165) is 16.9 Å². The first kappa shape index (κ1) is 12.7. The molecule has 0 atom stereocenters. The molecule has 0 bridgehead atoms. The minimum absolute atomic E-state index is 0.164. The molecule has 0 N–H and O–H groups in total. The minimum atomic E-state index is -3.39. The number of nitriles is 1. The zero-order valence-electron chi connectivity index (χ0n) is 9.62. The van der Waals surface area contributed by atoms with E-state index in [0.29, 0.717) is 9.88 Å². The van der Waals surface area contributed by atoms with Crippen LogP contribution in [-0.4, -0.2) is 13.4 Å². The highest BCUT2D eigenvalue weighted by Gasteiger charge is 2.17. The van der Waals surface area contributed by atoms with Crippen molar-refractivity contribution in [2.75, 3.05) is 0 Å². The number of hydrogen-bond donors (Lipinski definition) is 0. The van der Waals surface area contributed by atoms with E-state index in [4.69, 9.17) is 5.26 Å². The number of aryl methyl sites for hydroxylation is 1. The van der Waals surface area contributed by atoms with Gasteiger partial charge in [0.1, 0.15) is 21.7 Å². The first-order valence-corrected chi connectivity index (χ1v) is 7.62. The van der Waals surface area contributed by atoms with Crippen LogP contribution in [0.5, 0.6) is 0 Å². The number of sulfone groups is 1. The quantitative estimate of drug-likeness (QED) is 0.863. The third-order valence-electron chi connectivity index (χ3n) is 2.36. The number of rotatable bonds is 3. The van der Waals surface area contributed by atoms with Gasteiger partial charge in [-0.05, 0) is 19.1 Å². The average molecular weight is 278 g/mol. The monoisotopic (exact) mass is 278 g/mol. The lowest BCUT2D eigenvalue weighted by Gasteiger charge is -2.02. The molecule has 18 heavy (non-hydrogen) atoms. The molecule has 4 nitrogen and oxygen atoms in total. The van der Waals surface area contributed by atoms with E-state index >= 15 is 0 Å². The van der Waals surface area contributed by atoms with Crippen molar-refractivity contribution in [1.82, 2.24) is 4.98 Å². The number of thiazole rings is 1. The molecule has 0 saturated heterocycles. The topological polar surface area (TPSA) is 70.8 Å². The van der Waals surface area contributed by atoms with E-state index in [1.165, 1.54) is 6.20 Å². The lowest BCUT2D eigenvalue weighted by molar-refractivity contribution is 0.595. The molecule has 0 saturated carbocycles. The largest absolute Gasteiger partial charge is 0.247 e. The molecule has 92 valence electrons. The average Bonchev–Trinajstić information content (AvgIpc) is 2.76. The normalized spacial score (nSPS) is 11.1. The zero-order chi connectivity index (χ0) is 13.2. The SMILES string of the molecule is Cc1ccc(S(=O)(=O)Cc2ncc(C#N)s2)cc1. The van der Waals surface area contributed by atoms with Crippen LogP contribution >= 0.6 is 11.3 Å². The highest BCUT2D eigenvalue weighted by Crippen LogP contribution is 2.20. The van der Waals surface area contributed by atoms with Crippen LogP contribution in [0.2, 0.25) is 0 Å². The minimum Gasteiger partial charge on any atom is -0.247 e. The Hall–Kier alpha value is -1.71. The predicted molar refractivity (Wildman–Crippen MR) is 68.9 cm³/mol. The van der Waals surface area contributed by atoms with Gasteiger partial charge in [0.15, 0.2) is 9.84 Å². The van der Waals surface area contributed by atoms with E-state index in [1.807, 2.05) is 13.0 Å². The zero-order valence-corrected chi connectivity index (χ0v) is 11.3. The molecule has 6 heteroatoms. The summed E-state index contributed by atoms with van der Waals surface area (Å²) in [6, 6.07) is 8.63. The molecular formula is C12H10N2O2S2. The summed E-state index contributed by atoms with van der Waals surface area (Å²) in [6.45, 7) is 1.90. The van der Waals surface area contributed by atoms with Gasteiger partial charge in [0.25, 0.3) is 0 Å². The molecule has 0 aliphatic carbocycles. The Morgan fingerprint density at radius 3 is 2.56 bits per heavy atom. The van der Waals surface area contributed by atoms with Crippen molar-refractivity contribution in [2.45, 2.75) is 17.6 Å². The Morgan fingerprint density at radius 1 is 1.33 bits per heavy atom. The first-order valence-electron chi connectivity index (χ1n) is 5.15. The summed E-state index contributed by atoms with van der Waals surface area (Å²) >= 11 is 1.11. The maximum atomic E-state index is 12.1. The molecule has 0 amide bonds.